The number of ether oxygens (including phenoxy) is 1. The molecule has 0 bridgehead atoms. The zero-order valence-corrected chi connectivity index (χ0v) is 14.4. The molecule has 2 aliphatic rings. The van der Waals surface area contributed by atoms with E-state index in [4.69, 9.17) is 10.5 Å². The van der Waals surface area contributed by atoms with E-state index in [1.165, 1.54) is 25.7 Å². The van der Waals surface area contributed by atoms with E-state index in [-0.39, 0.29) is 18.3 Å². The molecule has 0 aromatic rings. The molecular weight excluding hydrogens is 308 g/mol. The molecule has 0 aromatic carbocycles. The van der Waals surface area contributed by atoms with Gasteiger partial charge >= 0.3 is 0 Å². The van der Waals surface area contributed by atoms with Crippen molar-refractivity contribution in [3.63, 3.8) is 0 Å². The molecule has 1 saturated carbocycles. The van der Waals surface area contributed by atoms with Crippen LogP contribution in [0.5, 0.6) is 0 Å². The molecule has 1 saturated heterocycles. The van der Waals surface area contributed by atoms with Crippen molar-refractivity contribution in [1.82, 2.24) is 5.32 Å². The fourth-order valence-corrected chi connectivity index (χ4v) is 4.06. The normalized spacial score (nSPS) is 29.5. The lowest BCUT2D eigenvalue weighted by Gasteiger charge is -2.31. The fourth-order valence-electron chi connectivity index (χ4n) is 3.15. The van der Waals surface area contributed by atoms with Crippen LogP contribution in [0, 0.1) is 5.92 Å². The minimum absolute atomic E-state index is 0. The van der Waals surface area contributed by atoms with Gasteiger partial charge in [-0.1, -0.05) is 12.8 Å². The number of carbonyl (C=O) groups excluding carboxylic acids is 1. The van der Waals surface area contributed by atoms with E-state index in [1.54, 1.807) is 11.8 Å². The Balaban J connectivity index is 0.00000220. The summed E-state index contributed by atoms with van der Waals surface area (Å²) in [7, 11) is 0. The van der Waals surface area contributed by atoms with Crippen molar-refractivity contribution >= 4 is 30.1 Å². The Hall–Kier alpha value is 0.0300. The van der Waals surface area contributed by atoms with Crippen LogP contribution < -0.4 is 11.1 Å². The predicted octanol–water partition coefficient (Wildman–Crippen LogP) is 2.34. The first-order chi connectivity index (χ1) is 9.79. The van der Waals surface area contributed by atoms with Crippen molar-refractivity contribution < 1.29 is 9.53 Å². The number of hydrogen-bond acceptors (Lipinski definition) is 4. The number of thioether (sulfide) groups is 1. The smallest absolute Gasteiger partial charge is 0.230 e. The Morgan fingerprint density at radius 1 is 1.19 bits per heavy atom. The number of hydrogen-bond donors (Lipinski definition) is 2. The molecule has 0 aromatic heterocycles. The molecule has 0 spiro atoms. The monoisotopic (exact) mass is 336 g/mol. The molecular formula is C15H29ClN2O2S. The highest BCUT2D eigenvalue weighted by atomic mass is 35.5. The molecule has 3 unspecified atom stereocenters. The lowest BCUT2D eigenvalue weighted by atomic mass is 9.84. The molecule has 4 nitrogen and oxygen atoms in total. The number of rotatable bonds is 6. The molecule has 1 aliphatic heterocycles. The van der Waals surface area contributed by atoms with Crippen molar-refractivity contribution in [3.05, 3.63) is 0 Å². The van der Waals surface area contributed by atoms with Gasteiger partial charge in [0.05, 0.1) is 11.9 Å². The molecule has 21 heavy (non-hydrogen) atoms. The zero-order chi connectivity index (χ0) is 14.2. The maximum atomic E-state index is 12.0. The third-order valence-corrected chi connectivity index (χ3v) is 5.44. The average molecular weight is 337 g/mol. The van der Waals surface area contributed by atoms with Gasteiger partial charge in [0.25, 0.3) is 0 Å². The highest BCUT2D eigenvalue weighted by molar-refractivity contribution is 7.99. The van der Waals surface area contributed by atoms with E-state index in [0.29, 0.717) is 30.4 Å². The summed E-state index contributed by atoms with van der Waals surface area (Å²) in [6.07, 6.45) is 8.66. The predicted molar refractivity (Wildman–Crippen MR) is 91.1 cm³/mol. The highest BCUT2D eigenvalue weighted by Crippen LogP contribution is 2.23. The van der Waals surface area contributed by atoms with Crippen LogP contribution in [0.3, 0.4) is 0 Å². The molecule has 124 valence electrons. The molecule has 1 heterocycles. The van der Waals surface area contributed by atoms with Gasteiger partial charge in [-0.2, -0.15) is 0 Å². The fraction of sp³-hybridized carbons (Fsp3) is 0.933. The molecule has 2 fully saturated rings. The number of nitrogens with one attached hydrogen (secondary N) is 1. The number of nitrogens with two attached hydrogens (primary N) is 1. The van der Waals surface area contributed by atoms with Crippen molar-refractivity contribution in [1.29, 1.82) is 0 Å². The summed E-state index contributed by atoms with van der Waals surface area (Å²) in [6.45, 7) is 1.58. The largest absolute Gasteiger partial charge is 0.377 e. The second-order valence-electron chi connectivity index (χ2n) is 5.96. The average Bonchev–Trinajstić information content (AvgIpc) is 2.49. The van der Waals surface area contributed by atoms with Crippen LogP contribution in [0.25, 0.3) is 0 Å². The molecule has 1 aliphatic carbocycles. The van der Waals surface area contributed by atoms with E-state index < -0.39 is 0 Å². The molecule has 3 N–H and O–H groups in total. The minimum atomic E-state index is 0. The number of halogens is 1. The van der Waals surface area contributed by atoms with Gasteiger partial charge in [0.15, 0.2) is 0 Å². The minimum Gasteiger partial charge on any atom is -0.377 e. The Labute approximate surface area is 138 Å². The van der Waals surface area contributed by atoms with Crippen LogP contribution in [-0.2, 0) is 9.53 Å². The van der Waals surface area contributed by atoms with Crippen LogP contribution >= 0.6 is 24.2 Å². The molecule has 0 radical (unpaired) electrons. The standard InChI is InChI=1S/C15H28N2O2S.ClH/c16-9-12-5-1-2-7-14(12)17-15(18)11-20-10-13-6-3-4-8-19-13;/h12-14H,1-11,16H2,(H,17,18);1H. The second kappa shape index (κ2) is 10.7. The van der Waals surface area contributed by atoms with E-state index in [2.05, 4.69) is 5.32 Å². The Kier molecular flexibility index (Phi) is 9.73. The van der Waals surface area contributed by atoms with Gasteiger partial charge in [-0.15, -0.1) is 24.2 Å². The lowest BCUT2D eigenvalue weighted by molar-refractivity contribution is -0.119. The summed E-state index contributed by atoms with van der Waals surface area (Å²) in [5, 5.41) is 3.18. The van der Waals surface area contributed by atoms with Crippen LogP contribution in [0.2, 0.25) is 0 Å². The van der Waals surface area contributed by atoms with E-state index in [9.17, 15) is 4.79 Å². The molecule has 2 rings (SSSR count). The summed E-state index contributed by atoms with van der Waals surface area (Å²) < 4.78 is 5.68. The van der Waals surface area contributed by atoms with E-state index >= 15 is 0 Å². The summed E-state index contributed by atoms with van der Waals surface area (Å²) in [5.41, 5.74) is 5.79. The lowest BCUT2D eigenvalue weighted by Crippen LogP contribution is -2.45. The summed E-state index contributed by atoms with van der Waals surface area (Å²) in [4.78, 5) is 12.0. The van der Waals surface area contributed by atoms with Crippen molar-refractivity contribution in [3.8, 4) is 0 Å². The third kappa shape index (κ3) is 6.76. The van der Waals surface area contributed by atoms with Crippen LogP contribution in [0.15, 0.2) is 0 Å². The first-order valence-electron chi connectivity index (χ1n) is 7.98. The van der Waals surface area contributed by atoms with Crippen LogP contribution in [0.4, 0.5) is 0 Å². The first-order valence-corrected chi connectivity index (χ1v) is 9.14. The zero-order valence-electron chi connectivity index (χ0n) is 12.7. The molecule has 1 amide bonds. The quantitative estimate of drug-likeness (QED) is 0.781. The Bertz CT molecular complexity index is 301. The second-order valence-corrected chi connectivity index (χ2v) is 6.99. The third-order valence-electron chi connectivity index (χ3n) is 4.37. The summed E-state index contributed by atoms with van der Waals surface area (Å²) >= 11 is 1.70. The van der Waals surface area contributed by atoms with E-state index in [1.807, 2.05) is 0 Å². The maximum Gasteiger partial charge on any atom is 0.230 e. The maximum absolute atomic E-state index is 12.0. The van der Waals surface area contributed by atoms with Gasteiger partial charge in [0, 0.05) is 18.4 Å². The summed E-state index contributed by atoms with van der Waals surface area (Å²) in [5.74, 6) is 2.13. The van der Waals surface area contributed by atoms with Gasteiger partial charge < -0.3 is 15.8 Å². The topological polar surface area (TPSA) is 64.3 Å². The number of carbonyl (C=O) groups is 1. The summed E-state index contributed by atoms with van der Waals surface area (Å²) in [6, 6.07) is 0.299. The van der Waals surface area contributed by atoms with Crippen molar-refractivity contribution in [2.45, 2.75) is 57.1 Å². The van der Waals surface area contributed by atoms with Gasteiger partial charge in [-0.25, -0.2) is 0 Å². The Morgan fingerprint density at radius 2 is 1.95 bits per heavy atom. The van der Waals surface area contributed by atoms with E-state index in [0.717, 1.165) is 31.6 Å². The van der Waals surface area contributed by atoms with Crippen LogP contribution in [-0.4, -0.2) is 42.7 Å². The first kappa shape index (κ1) is 19.1. The van der Waals surface area contributed by atoms with Gasteiger partial charge in [-0.3, -0.25) is 4.79 Å². The highest BCUT2D eigenvalue weighted by Gasteiger charge is 2.25. The van der Waals surface area contributed by atoms with Crippen LogP contribution in [0.1, 0.15) is 44.9 Å². The van der Waals surface area contributed by atoms with Crippen molar-refractivity contribution in [2.75, 3.05) is 24.7 Å². The Morgan fingerprint density at radius 3 is 2.67 bits per heavy atom. The van der Waals surface area contributed by atoms with Gasteiger partial charge in [0.1, 0.15) is 0 Å². The van der Waals surface area contributed by atoms with Gasteiger partial charge in [0.2, 0.25) is 5.91 Å². The van der Waals surface area contributed by atoms with Gasteiger partial charge in [-0.05, 0) is 44.6 Å². The molecule has 3 atom stereocenters. The SMILES string of the molecule is Cl.NCC1CCCCC1NC(=O)CSCC1CCCCO1. The van der Waals surface area contributed by atoms with Crippen molar-refractivity contribution in [2.24, 2.45) is 11.7 Å². The molecule has 6 heteroatoms. The number of amides is 1.